The maximum absolute atomic E-state index is 12.5. The minimum Gasteiger partial charge on any atom is -0.484 e. The van der Waals surface area contributed by atoms with Crippen LogP contribution in [0.4, 0.5) is 17.1 Å². The second kappa shape index (κ2) is 9.85. The van der Waals surface area contributed by atoms with E-state index in [1.54, 1.807) is 24.3 Å². The van der Waals surface area contributed by atoms with Gasteiger partial charge in [-0.3, -0.25) is 19.7 Å². The van der Waals surface area contributed by atoms with E-state index in [1.165, 1.54) is 48.5 Å². The summed E-state index contributed by atoms with van der Waals surface area (Å²) in [6.45, 7) is -0.347. The number of carboxylic acid groups (broad SMARTS) is 1. The number of nitro benzene ring substituents is 1. The molecule has 0 bridgehead atoms. The van der Waals surface area contributed by atoms with E-state index < -0.39 is 22.7 Å². The highest BCUT2D eigenvalue weighted by Gasteiger charge is 2.14. The average molecular weight is 435 g/mol. The molecular formula is C22H17N3O7. The van der Waals surface area contributed by atoms with Crippen molar-refractivity contribution in [1.82, 2.24) is 0 Å². The number of nitrogens with one attached hydrogen (secondary N) is 2. The maximum atomic E-state index is 12.5. The van der Waals surface area contributed by atoms with Gasteiger partial charge in [0.25, 0.3) is 17.5 Å². The maximum Gasteiger partial charge on any atom is 0.337 e. The fourth-order valence-corrected chi connectivity index (χ4v) is 2.72. The molecule has 10 heteroatoms. The summed E-state index contributed by atoms with van der Waals surface area (Å²) in [5.74, 6) is -1.93. The van der Waals surface area contributed by atoms with E-state index in [2.05, 4.69) is 10.6 Å². The molecule has 0 radical (unpaired) electrons. The summed E-state index contributed by atoms with van der Waals surface area (Å²) in [5, 5.41) is 25.0. The molecular weight excluding hydrogens is 418 g/mol. The zero-order valence-electron chi connectivity index (χ0n) is 16.5. The number of hydrogen-bond acceptors (Lipinski definition) is 6. The first-order valence-electron chi connectivity index (χ1n) is 9.24. The van der Waals surface area contributed by atoms with Crippen molar-refractivity contribution in [3.63, 3.8) is 0 Å². The molecule has 0 spiro atoms. The van der Waals surface area contributed by atoms with Gasteiger partial charge >= 0.3 is 5.97 Å². The van der Waals surface area contributed by atoms with Gasteiger partial charge < -0.3 is 20.5 Å². The van der Waals surface area contributed by atoms with Crippen molar-refractivity contribution in [1.29, 1.82) is 0 Å². The number of carbonyl (C=O) groups is 3. The molecule has 3 rings (SSSR count). The second-order valence-corrected chi connectivity index (χ2v) is 6.47. The number of ether oxygens (including phenoxy) is 1. The summed E-state index contributed by atoms with van der Waals surface area (Å²) < 4.78 is 5.30. The van der Waals surface area contributed by atoms with Gasteiger partial charge in [0.2, 0.25) is 0 Å². The van der Waals surface area contributed by atoms with E-state index in [4.69, 9.17) is 4.74 Å². The fourth-order valence-electron chi connectivity index (χ4n) is 2.72. The van der Waals surface area contributed by atoms with Crippen LogP contribution < -0.4 is 15.4 Å². The predicted octanol–water partition coefficient (Wildman–Crippen LogP) is 3.56. The molecule has 0 aliphatic carbocycles. The van der Waals surface area contributed by atoms with Gasteiger partial charge in [0.05, 0.1) is 16.2 Å². The van der Waals surface area contributed by atoms with E-state index in [1.807, 2.05) is 0 Å². The highest BCUT2D eigenvalue weighted by atomic mass is 16.6. The topological polar surface area (TPSA) is 148 Å². The third-order valence-corrected chi connectivity index (χ3v) is 4.23. The van der Waals surface area contributed by atoms with Crippen molar-refractivity contribution in [2.24, 2.45) is 0 Å². The molecule has 3 aromatic carbocycles. The number of non-ortho nitro benzene ring substituents is 1. The lowest BCUT2D eigenvalue weighted by atomic mass is 10.1. The minimum atomic E-state index is -1.17. The second-order valence-electron chi connectivity index (χ2n) is 6.47. The summed E-state index contributed by atoms with van der Waals surface area (Å²) >= 11 is 0. The molecule has 3 N–H and O–H groups in total. The van der Waals surface area contributed by atoms with Crippen LogP contribution in [-0.4, -0.2) is 34.4 Å². The number of benzene rings is 3. The van der Waals surface area contributed by atoms with E-state index in [9.17, 15) is 29.6 Å². The van der Waals surface area contributed by atoms with Gasteiger partial charge in [-0.2, -0.15) is 0 Å². The van der Waals surface area contributed by atoms with E-state index in [0.29, 0.717) is 5.69 Å². The highest BCUT2D eigenvalue weighted by molar-refractivity contribution is 6.08. The molecule has 162 valence electrons. The van der Waals surface area contributed by atoms with Crippen LogP contribution in [-0.2, 0) is 4.79 Å². The van der Waals surface area contributed by atoms with Crippen molar-refractivity contribution < 1.29 is 29.2 Å². The molecule has 10 nitrogen and oxygen atoms in total. The summed E-state index contributed by atoms with van der Waals surface area (Å²) in [6, 6.07) is 17.4. The van der Waals surface area contributed by atoms with Crippen LogP contribution in [0.1, 0.15) is 20.7 Å². The van der Waals surface area contributed by atoms with Crippen molar-refractivity contribution in [2.75, 3.05) is 17.2 Å². The Morgan fingerprint density at radius 3 is 2.34 bits per heavy atom. The summed E-state index contributed by atoms with van der Waals surface area (Å²) in [5.41, 5.74) is 0.549. The normalized spacial score (nSPS) is 10.1. The summed E-state index contributed by atoms with van der Waals surface area (Å²) in [6.07, 6.45) is 0. The van der Waals surface area contributed by atoms with Crippen LogP contribution in [0.5, 0.6) is 5.75 Å². The van der Waals surface area contributed by atoms with Crippen LogP contribution >= 0.6 is 0 Å². The number of carboxylic acids is 1. The fraction of sp³-hybridized carbons (Fsp3) is 0.0455. The first-order chi connectivity index (χ1) is 15.3. The number of nitro groups is 1. The molecule has 32 heavy (non-hydrogen) atoms. The number of nitrogens with zero attached hydrogens (tertiary/aromatic N) is 1. The lowest BCUT2D eigenvalue weighted by Gasteiger charge is -2.10. The summed E-state index contributed by atoms with van der Waals surface area (Å²) in [7, 11) is 0. The smallest absolute Gasteiger partial charge is 0.337 e. The number of anilines is 2. The van der Waals surface area contributed by atoms with Gasteiger partial charge in [0.15, 0.2) is 6.61 Å². The Labute approximate surface area is 181 Å². The van der Waals surface area contributed by atoms with Crippen LogP contribution in [0.2, 0.25) is 0 Å². The number of aromatic carboxylic acids is 1. The minimum absolute atomic E-state index is 0.0475. The molecule has 0 aliphatic heterocycles. The molecule has 0 aliphatic rings. The van der Waals surface area contributed by atoms with Crippen molar-refractivity contribution in [3.8, 4) is 5.75 Å². The number of rotatable bonds is 8. The molecule has 0 unspecified atom stereocenters. The summed E-state index contributed by atoms with van der Waals surface area (Å²) in [4.78, 5) is 46.1. The molecule has 0 saturated carbocycles. The Balaban J connectivity index is 1.60. The third-order valence-electron chi connectivity index (χ3n) is 4.23. The number of para-hydroxylation sites is 1. The van der Waals surface area contributed by atoms with Crippen molar-refractivity contribution >= 4 is 34.8 Å². The zero-order chi connectivity index (χ0) is 23.1. The van der Waals surface area contributed by atoms with E-state index in [-0.39, 0.29) is 34.9 Å². The Kier molecular flexibility index (Phi) is 6.76. The average Bonchev–Trinajstić information content (AvgIpc) is 2.78. The van der Waals surface area contributed by atoms with Gasteiger partial charge in [-0.15, -0.1) is 0 Å². The number of carbonyl (C=O) groups excluding carboxylic acids is 2. The van der Waals surface area contributed by atoms with Gasteiger partial charge in [0.1, 0.15) is 5.75 Å². The first kappa shape index (κ1) is 22.0. The zero-order valence-corrected chi connectivity index (χ0v) is 16.5. The van der Waals surface area contributed by atoms with Crippen LogP contribution in [0.25, 0.3) is 0 Å². The van der Waals surface area contributed by atoms with Gasteiger partial charge in [-0.1, -0.05) is 18.2 Å². The van der Waals surface area contributed by atoms with Gasteiger partial charge in [-0.05, 0) is 42.5 Å². The molecule has 0 heterocycles. The number of hydrogen-bond donors (Lipinski definition) is 3. The Morgan fingerprint density at radius 1 is 0.938 bits per heavy atom. The van der Waals surface area contributed by atoms with E-state index >= 15 is 0 Å². The molecule has 2 amide bonds. The Morgan fingerprint density at radius 2 is 1.66 bits per heavy atom. The first-order valence-corrected chi connectivity index (χ1v) is 9.24. The molecule has 0 atom stereocenters. The standard InChI is InChI=1S/C22H17N3O7/c26-20(13-32-17-10-8-16(9-11-17)25(30)31)23-15-5-3-4-14(12-15)21(27)24-19-7-2-1-6-18(19)22(28)29/h1-12H,13H2,(H,23,26)(H,24,27)(H,28,29). The highest BCUT2D eigenvalue weighted by Crippen LogP contribution is 2.19. The largest absolute Gasteiger partial charge is 0.484 e. The predicted molar refractivity (Wildman–Crippen MR) is 115 cm³/mol. The van der Waals surface area contributed by atoms with Gasteiger partial charge in [-0.25, -0.2) is 4.79 Å². The van der Waals surface area contributed by atoms with Crippen LogP contribution in [0, 0.1) is 10.1 Å². The molecule has 0 fully saturated rings. The monoisotopic (exact) mass is 435 g/mol. The van der Waals surface area contributed by atoms with Gasteiger partial charge in [0, 0.05) is 23.4 Å². The molecule has 0 aromatic heterocycles. The third kappa shape index (κ3) is 5.66. The van der Waals surface area contributed by atoms with Crippen molar-refractivity contribution in [3.05, 3.63) is 94.0 Å². The van der Waals surface area contributed by atoms with Crippen LogP contribution in [0.3, 0.4) is 0 Å². The Hall–Kier alpha value is -4.73. The van der Waals surface area contributed by atoms with Crippen LogP contribution in [0.15, 0.2) is 72.8 Å². The van der Waals surface area contributed by atoms with E-state index in [0.717, 1.165) is 0 Å². The molecule has 0 saturated heterocycles. The lowest BCUT2D eigenvalue weighted by Crippen LogP contribution is -2.20. The number of amides is 2. The van der Waals surface area contributed by atoms with Crippen molar-refractivity contribution in [2.45, 2.75) is 0 Å². The Bertz CT molecular complexity index is 1180. The SMILES string of the molecule is O=C(COc1ccc([N+](=O)[O-])cc1)Nc1cccc(C(=O)Nc2ccccc2C(=O)O)c1. The quantitative estimate of drug-likeness (QED) is 0.362. The lowest BCUT2D eigenvalue weighted by molar-refractivity contribution is -0.384. The molecule has 3 aromatic rings.